The summed E-state index contributed by atoms with van der Waals surface area (Å²) in [5, 5.41) is 8.24. The van der Waals surface area contributed by atoms with Gasteiger partial charge in [0.25, 0.3) is 0 Å². The molecule has 88 valence electrons. The van der Waals surface area contributed by atoms with Crippen LogP contribution in [0.15, 0.2) is 24.8 Å². The molecule has 0 fully saturated rings. The van der Waals surface area contributed by atoms with Crippen LogP contribution in [-0.2, 0) is 23.9 Å². The first-order chi connectivity index (χ1) is 7.49. The van der Waals surface area contributed by atoms with Gasteiger partial charge in [0.05, 0.1) is 0 Å². The van der Waals surface area contributed by atoms with Crippen LogP contribution in [0.4, 0.5) is 0 Å². The van der Waals surface area contributed by atoms with Gasteiger partial charge in [-0.15, -0.1) is 0 Å². The molecule has 0 aliphatic rings. The highest BCUT2D eigenvalue weighted by Gasteiger charge is 2.13. The molecule has 0 aromatic carbocycles. The summed E-state index contributed by atoms with van der Waals surface area (Å²) < 4.78 is 9.29. The highest BCUT2D eigenvalue weighted by molar-refractivity contribution is 5.90. The molecule has 0 saturated carbocycles. The zero-order valence-electron chi connectivity index (χ0n) is 8.71. The summed E-state index contributed by atoms with van der Waals surface area (Å²) in [4.78, 5) is 31.9. The van der Waals surface area contributed by atoms with Crippen LogP contribution in [0.3, 0.4) is 0 Å². The first-order valence-corrected chi connectivity index (χ1v) is 4.44. The Morgan fingerprint density at radius 2 is 1.81 bits per heavy atom. The van der Waals surface area contributed by atoms with Crippen LogP contribution < -0.4 is 0 Å². The van der Waals surface area contributed by atoms with Crippen LogP contribution in [0.5, 0.6) is 0 Å². The van der Waals surface area contributed by atoms with Crippen molar-refractivity contribution in [3.05, 3.63) is 24.8 Å². The maximum Gasteiger partial charge on any atom is 0.334 e. The smallest absolute Gasteiger partial charge is 0.334 e. The lowest BCUT2D eigenvalue weighted by Crippen LogP contribution is -2.22. The standard InChI is InChI=1S/C10H12O6/c1-3-8(13)15-10(4-2)16-9(14)6-5-7(11)12/h3,5-6,10H,1,4H2,2H3,(H,11,12)/b6-5-. The zero-order chi connectivity index (χ0) is 12.6. The normalized spacial score (nSPS) is 11.8. The largest absolute Gasteiger partial charge is 0.478 e. The minimum atomic E-state index is -1.27. The first kappa shape index (κ1) is 13.9. The lowest BCUT2D eigenvalue weighted by Gasteiger charge is -2.14. The molecule has 0 rings (SSSR count). The Hall–Kier alpha value is -2.11. The van der Waals surface area contributed by atoms with E-state index in [-0.39, 0.29) is 6.42 Å². The van der Waals surface area contributed by atoms with Crippen molar-refractivity contribution in [3.8, 4) is 0 Å². The van der Waals surface area contributed by atoms with E-state index in [2.05, 4.69) is 16.1 Å². The number of ether oxygens (including phenoxy) is 2. The number of carboxylic acids is 1. The van der Waals surface area contributed by atoms with E-state index in [9.17, 15) is 14.4 Å². The summed E-state index contributed by atoms with van der Waals surface area (Å²) in [5.41, 5.74) is 0. The Kier molecular flexibility index (Phi) is 6.27. The Balaban J connectivity index is 4.21. The van der Waals surface area contributed by atoms with Gasteiger partial charge in [0.1, 0.15) is 0 Å². The SMILES string of the molecule is C=CC(=O)OC(CC)OC(=O)/C=C\C(=O)O. The van der Waals surface area contributed by atoms with E-state index < -0.39 is 24.2 Å². The summed E-state index contributed by atoms with van der Waals surface area (Å²) in [5.74, 6) is -2.89. The summed E-state index contributed by atoms with van der Waals surface area (Å²) in [7, 11) is 0. The number of carboxylic acid groups (broad SMARTS) is 1. The van der Waals surface area contributed by atoms with Gasteiger partial charge in [-0.2, -0.15) is 0 Å². The molecule has 0 spiro atoms. The van der Waals surface area contributed by atoms with Crippen molar-refractivity contribution in [3.63, 3.8) is 0 Å². The van der Waals surface area contributed by atoms with Gasteiger partial charge in [-0.05, 0) is 0 Å². The minimum Gasteiger partial charge on any atom is -0.478 e. The molecular formula is C10H12O6. The predicted molar refractivity (Wildman–Crippen MR) is 53.2 cm³/mol. The van der Waals surface area contributed by atoms with Gasteiger partial charge in [0.2, 0.25) is 6.29 Å². The van der Waals surface area contributed by atoms with Crippen molar-refractivity contribution in [2.45, 2.75) is 19.6 Å². The van der Waals surface area contributed by atoms with Crippen molar-refractivity contribution in [2.24, 2.45) is 0 Å². The first-order valence-electron chi connectivity index (χ1n) is 4.44. The van der Waals surface area contributed by atoms with E-state index in [1.807, 2.05) is 0 Å². The van der Waals surface area contributed by atoms with Crippen molar-refractivity contribution in [1.82, 2.24) is 0 Å². The van der Waals surface area contributed by atoms with Crippen LogP contribution in [0.25, 0.3) is 0 Å². The van der Waals surface area contributed by atoms with Gasteiger partial charge in [-0.3, -0.25) is 0 Å². The molecule has 0 aliphatic carbocycles. The molecule has 0 bridgehead atoms. The van der Waals surface area contributed by atoms with E-state index in [0.717, 1.165) is 12.2 Å². The Morgan fingerprint density at radius 1 is 1.25 bits per heavy atom. The number of hydrogen-bond acceptors (Lipinski definition) is 5. The van der Waals surface area contributed by atoms with Crippen molar-refractivity contribution in [1.29, 1.82) is 0 Å². The summed E-state index contributed by atoms with van der Waals surface area (Å²) in [6.45, 7) is 4.81. The highest BCUT2D eigenvalue weighted by atomic mass is 16.7. The van der Waals surface area contributed by atoms with Crippen molar-refractivity contribution >= 4 is 17.9 Å². The molecule has 0 amide bonds. The Bertz CT molecular complexity index is 317. The summed E-state index contributed by atoms with van der Waals surface area (Å²) >= 11 is 0. The van der Waals surface area contributed by atoms with Crippen LogP contribution in [0, 0.1) is 0 Å². The minimum absolute atomic E-state index is 0.256. The average Bonchev–Trinajstić information content (AvgIpc) is 2.25. The molecule has 0 radical (unpaired) electrons. The van der Waals surface area contributed by atoms with Gasteiger partial charge >= 0.3 is 17.9 Å². The fourth-order valence-electron chi connectivity index (χ4n) is 0.677. The molecule has 1 unspecified atom stereocenters. The van der Waals surface area contributed by atoms with Crippen LogP contribution >= 0.6 is 0 Å². The predicted octanol–water partition coefficient (Wildman–Crippen LogP) is 0.636. The quantitative estimate of drug-likeness (QED) is 0.407. The molecule has 1 N–H and O–H groups in total. The van der Waals surface area contributed by atoms with Gasteiger partial charge in [-0.1, -0.05) is 13.5 Å². The third kappa shape index (κ3) is 6.36. The molecule has 0 aromatic heterocycles. The Labute approximate surface area is 92.2 Å². The monoisotopic (exact) mass is 228 g/mol. The molecule has 0 aliphatic heterocycles. The van der Waals surface area contributed by atoms with E-state index in [0.29, 0.717) is 6.08 Å². The van der Waals surface area contributed by atoms with Crippen molar-refractivity contribution < 1.29 is 29.0 Å². The molecule has 6 heteroatoms. The Morgan fingerprint density at radius 3 is 2.25 bits per heavy atom. The molecule has 0 heterocycles. The van der Waals surface area contributed by atoms with Crippen LogP contribution in [-0.4, -0.2) is 29.3 Å². The number of aliphatic carboxylic acids is 1. The second-order valence-corrected chi connectivity index (χ2v) is 2.59. The van der Waals surface area contributed by atoms with E-state index in [1.165, 1.54) is 0 Å². The van der Waals surface area contributed by atoms with Gasteiger partial charge in [0, 0.05) is 24.6 Å². The molecule has 16 heavy (non-hydrogen) atoms. The fraction of sp³-hybridized carbons (Fsp3) is 0.300. The van der Waals surface area contributed by atoms with Crippen molar-refractivity contribution in [2.75, 3.05) is 0 Å². The topological polar surface area (TPSA) is 89.9 Å². The fourth-order valence-corrected chi connectivity index (χ4v) is 0.677. The number of hydrogen-bond donors (Lipinski definition) is 1. The summed E-state index contributed by atoms with van der Waals surface area (Å²) in [6.07, 6.45) is 1.50. The van der Waals surface area contributed by atoms with Crippen LogP contribution in [0.1, 0.15) is 13.3 Å². The second-order valence-electron chi connectivity index (χ2n) is 2.59. The summed E-state index contributed by atoms with van der Waals surface area (Å²) in [6, 6.07) is 0. The molecular weight excluding hydrogens is 216 g/mol. The third-order valence-corrected chi connectivity index (χ3v) is 1.36. The van der Waals surface area contributed by atoms with E-state index >= 15 is 0 Å². The van der Waals surface area contributed by atoms with Gasteiger partial charge in [-0.25, -0.2) is 14.4 Å². The number of esters is 2. The number of carbonyl (C=O) groups excluding carboxylic acids is 2. The maximum atomic E-state index is 11.0. The lowest BCUT2D eigenvalue weighted by molar-refractivity contribution is -0.181. The van der Waals surface area contributed by atoms with Gasteiger partial charge in [0.15, 0.2) is 0 Å². The van der Waals surface area contributed by atoms with E-state index in [1.54, 1.807) is 6.92 Å². The highest BCUT2D eigenvalue weighted by Crippen LogP contribution is 2.02. The number of rotatable bonds is 6. The lowest BCUT2D eigenvalue weighted by atomic mass is 10.4. The molecule has 0 aromatic rings. The molecule has 6 nitrogen and oxygen atoms in total. The molecule has 1 atom stereocenters. The average molecular weight is 228 g/mol. The second kappa shape index (κ2) is 7.22. The van der Waals surface area contributed by atoms with E-state index in [4.69, 9.17) is 5.11 Å². The van der Waals surface area contributed by atoms with Crippen LogP contribution in [0.2, 0.25) is 0 Å². The zero-order valence-corrected chi connectivity index (χ0v) is 8.71. The molecule has 0 saturated heterocycles. The number of carbonyl (C=O) groups is 3. The van der Waals surface area contributed by atoms with Gasteiger partial charge < -0.3 is 14.6 Å². The third-order valence-electron chi connectivity index (χ3n) is 1.36. The maximum absolute atomic E-state index is 11.0.